The van der Waals surface area contributed by atoms with Crippen molar-refractivity contribution in [1.29, 1.82) is 0 Å². The lowest BCUT2D eigenvalue weighted by Gasteiger charge is -2.36. The number of aromatic nitrogens is 3. The van der Waals surface area contributed by atoms with Crippen molar-refractivity contribution in [2.75, 3.05) is 11.9 Å². The number of anilines is 1. The summed E-state index contributed by atoms with van der Waals surface area (Å²) in [6.07, 6.45) is -8.67. The molecule has 1 aromatic carbocycles. The normalized spacial score (nSPS) is 18.5. The molecule has 39 heavy (non-hydrogen) atoms. The monoisotopic (exact) mass is 553 g/mol. The number of carbonyl (C=O) groups excluding carboxylic acids is 2. The number of fused-ring (bicyclic) bond motifs is 3. The van der Waals surface area contributed by atoms with Gasteiger partial charge in [-0.15, -0.1) is 0 Å². The van der Waals surface area contributed by atoms with Crippen LogP contribution >= 0.6 is 0 Å². The second kappa shape index (κ2) is 9.27. The molecule has 2 aromatic heterocycles. The Balaban J connectivity index is 1.51. The number of aryl methyl sites for hydroxylation is 2. The standard InChI is InChI=1S/C25H21F6N5O3/c1-13-2-5-17(32-10-13)19-20(33-18(37)9-24(26,27)28)21-22(38)34-23(11-36(21)35-19)7-6-14-8-15(3-4-16(14)23)39-12-25(29,30)31/h2-5,8,10H,6-7,9,11-12H2,1H3,(H,33,37)(H,34,38)/t23-/m0/s1. The van der Waals surface area contributed by atoms with E-state index in [0.717, 1.165) is 5.56 Å². The maximum atomic E-state index is 13.4. The van der Waals surface area contributed by atoms with E-state index in [4.69, 9.17) is 4.74 Å². The Labute approximate surface area is 217 Å². The minimum atomic E-state index is -4.76. The van der Waals surface area contributed by atoms with E-state index >= 15 is 0 Å². The van der Waals surface area contributed by atoms with Crippen LogP contribution < -0.4 is 15.4 Å². The van der Waals surface area contributed by atoms with Gasteiger partial charge in [-0.05, 0) is 54.7 Å². The molecule has 2 aliphatic rings. The van der Waals surface area contributed by atoms with Crippen LogP contribution in [0.4, 0.5) is 32.0 Å². The topological polar surface area (TPSA) is 98.1 Å². The number of nitrogens with one attached hydrogen (secondary N) is 2. The van der Waals surface area contributed by atoms with Crippen LogP contribution in [0.1, 0.15) is 40.0 Å². The van der Waals surface area contributed by atoms with E-state index in [0.29, 0.717) is 24.0 Å². The number of ether oxygens (including phenoxy) is 1. The molecular formula is C25H21F6N5O3. The van der Waals surface area contributed by atoms with Gasteiger partial charge < -0.3 is 15.4 Å². The summed E-state index contributed by atoms with van der Waals surface area (Å²) < 4.78 is 82.4. The number of alkyl halides is 6. The Bertz CT molecular complexity index is 1450. The molecule has 1 aliphatic carbocycles. The van der Waals surface area contributed by atoms with Crippen molar-refractivity contribution in [3.05, 3.63) is 58.9 Å². The van der Waals surface area contributed by atoms with Crippen molar-refractivity contribution in [1.82, 2.24) is 20.1 Å². The number of pyridine rings is 1. The van der Waals surface area contributed by atoms with E-state index in [1.807, 2.05) is 0 Å². The van der Waals surface area contributed by atoms with Crippen molar-refractivity contribution >= 4 is 17.5 Å². The first-order valence-electron chi connectivity index (χ1n) is 11.8. The first-order valence-corrected chi connectivity index (χ1v) is 11.8. The third-order valence-corrected chi connectivity index (χ3v) is 6.54. The zero-order valence-electron chi connectivity index (χ0n) is 20.3. The molecule has 0 fully saturated rings. The first kappa shape index (κ1) is 26.5. The van der Waals surface area contributed by atoms with Crippen molar-refractivity contribution in [2.45, 2.75) is 50.6 Å². The lowest BCUT2D eigenvalue weighted by molar-refractivity contribution is -0.153. The number of hydrogen-bond donors (Lipinski definition) is 2. The molecular weight excluding hydrogens is 532 g/mol. The maximum Gasteiger partial charge on any atom is 0.422 e. The summed E-state index contributed by atoms with van der Waals surface area (Å²) in [5.41, 5.74) is 1.13. The highest BCUT2D eigenvalue weighted by atomic mass is 19.4. The lowest BCUT2D eigenvalue weighted by atomic mass is 9.89. The predicted octanol–water partition coefficient (Wildman–Crippen LogP) is 4.67. The van der Waals surface area contributed by atoms with E-state index in [1.54, 1.807) is 25.1 Å². The Morgan fingerprint density at radius 2 is 1.92 bits per heavy atom. The molecule has 1 aliphatic heterocycles. The number of amides is 2. The molecule has 3 aromatic rings. The molecule has 1 spiro atoms. The van der Waals surface area contributed by atoms with Crippen LogP contribution in [0.3, 0.4) is 0 Å². The van der Waals surface area contributed by atoms with E-state index in [9.17, 15) is 35.9 Å². The fourth-order valence-corrected chi connectivity index (χ4v) is 4.93. The number of rotatable bonds is 5. The number of nitrogens with zero attached hydrogens (tertiary/aromatic N) is 3. The van der Waals surface area contributed by atoms with Gasteiger partial charge in [0, 0.05) is 6.20 Å². The summed E-state index contributed by atoms with van der Waals surface area (Å²) in [6, 6.07) is 7.73. The van der Waals surface area contributed by atoms with E-state index in [-0.39, 0.29) is 35.1 Å². The number of benzene rings is 1. The third kappa shape index (κ3) is 5.40. The van der Waals surface area contributed by atoms with Gasteiger partial charge in [-0.2, -0.15) is 31.4 Å². The fourth-order valence-electron chi connectivity index (χ4n) is 4.93. The number of halogens is 6. The molecule has 5 rings (SSSR count). The van der Waals surface area contributed by atoms with E-state index in [1.165, 1.54) is 23.0 Å². The van der Waals surface area contributed by atoms with Crippen LogP contribution in [0.25, 0.3) is 11.4 Å². The molecule has 0 bridgehead atoms. The number of carbonyl (C=O) groups is 2. The van der Waals surface area contributed by atoms with Gasteiger partial charge in [-0.25, -0.2) is 0 Å². The summed E-state index contributed by atoms with van der Waals surface area (Å²) >= 11 is 0. The minimum Gasteiger partial charge on any atom is -0.484 e. The van der Waals surface area contributed by atoms with Crippen LogP contribution in [0.5, 0.6) is 5.75 Å². The fraction of sp³-hybridized carbons (Fsp3) is 0.360. The Hall–Kier alpha value is -4.10. The van der Waals surface area contributed by atoms with Crippen LogP contribution in [0, 0.1) is 6.92 Å². The van der Waals surface area contributed by atoms with Gasteiger partial charge in [0.1, 0.15) is 23.6 Å². The average Bonchev–Trinajstić information content (AvgIpc) is 3.35. The zero-order chi connectivity index (χ0) is 28.2. The van der Waals surface area contributed by atoms with Gasteiger partial charge in [-0.1, -0.05) is 12.1 Å². The second-order valence-electron chi connectivity index (χ2n) is 9.55. The first-order chi connectivity index (χ1) is 18.2. The Morgan fingerprint density at radius 3 is 2.59 bits per heavy atom. The molecule has 2 N–H and O–H groups in total. The molecule has 3 heterocycles. The molecule has 0 saturated heterocycles. The summed E-state index contributed by atoms with van der Waals surface area (Å²) in [4.78, 5) is 29.9. The van der Waals surface area contributed by atoms with Crippen LogP contribution in [0.2, 0.25) is 0 Å². The number of hydrogen-bond acceptors (Lipinski definition) is 5. The summed E-state index contributed by atoms with van der Waals surface area (Å²) in [6.45, 7) is 0.413. The molecule has 14 heteroatoms. The van der Waals surface area contributed by atoms with Crippen molar-refractivity contribution in [2.24, 2.45) is 0 Å². The van der Waals surface area contributed by atoms with Crippen molar-refractivity contribution in [3.8, 4) is 17.1 Å². The third-order valence-electron chi connectivity index (χ3n) is 6.54. The van der Waals surface area contributed by atoms with Gasteiger partial charge in [0.2, 0.25) is 5.91 Å². The highest BCUT2D eigenvalue weighted by Crippen LogP contribution is 2.44. The molecule has 2 amide bonds. The second-order valence-corrected chi connectivity index (χ2v) is 9.55. The highest BCUT2D eigenvalue weighted by molar-refractivity contribution is 6.07. The van der Waals surface area contributed by atoms with Crippen molar-refractivity contribution < 1.29 is 40.7 Å². The van der Waals surface area contributed by atoms with Gasteiger partial charge in [0.25, 0.3) is 5.91 Å². The van der Waals surface area contributed by atoms with Crippen LogP contribution in [-0.4, -0.2) is 45.5 Å². The SMILES string of the molecule is Cc1ccc(-c2nn3c(c2NC(=O)CC(F)(F)F)C(=O)N[C@@]2(CCc4cc(OCC(F)(F)F)ccc42)C3)nc1. The summed E-state index contributed by atoms with van der Waals surface area (Å²) in [7, 11) is 0. The molecule has 0 radical (unpaired) electrons. The van der Waals surface area contributed by atoms with E-state index < -0.39 is 42.7 Å². The molecule has 0 unspecified atom stereocenters. The van der Waals surface area contributed by atoms with Crippen molar-refractivity contribution in [3.63, 3.8) is 0 Å². The lowest BCUT2D eigenvalue weighted by Crippen LogP contribution is -2.52. The van der Waals surface area contributed by atoms with E-state index in [2.05, 4.69) is 20.7 Å². The largest absolute Gasteiger partial charge is 0.484 e. The predicted molar refractivity (Wildman–Crippen MR) is 125 cm³/mol. The van der Waals surface area contributed by atoms with Gasteiger partial charge in [-0.3, -0.25) is 19.3 Å². The molecule has 206 valence electrons. The molecule has 0 saturated carbocycles. The Morgan fingerprint density at radius 1 is 1.15 bits per heavy atom. The van der Waals surface area contributed by atoms with Crippen LogP contribution in [-0.2, 0) is 23.3 Å². The smallest absolute Gasteiger partial charge is 0.422 e. The average molecular weight is 553 g/mol. The highest BCUT2D eigenvalue weighted by Gasteiger charge is 2.46. The molecule has 1 atom stereocenters. The maximum absolute atomic E-state index is 13.4. The minimum absolute atomic E-state index is 0.0295. The molecule has 8 nitrogen and oxygen atoms in total. The zero-order valence-corrected chi connectivity index (χ0v) is 20.3. The quantitative estimate of drug-likeness (QED) is 0.448. The summed E-state index contributed by atoms with van der Waals surface area (Å²) in [5.74, 6) is -2.01. The Kier molecular flexibility index (Phi) is 6.30. The van der Waals surface area contributed by atoms with Gasteiger partial charge >= 0.3 is 12.4 Å². The van der Waals surface area contributed by atoms with Gasteiger partial charge in [0.15, 0.2) is 12.3 Å². The van der Waals surface area contributed by atoms with Crippen LogP contribution in [0.15, 0.2) is 36.5 Å². The van der Waals surface area contributed by atoms with Gasteiger partial charge in [0.05, 0.1) is 17.8 Å². The summed E-state index contributed by atoms with van der Waals surface area (Å²) in [5, 5.41) is 9.56.